The van der Waals surface area contributed by atoms with Gasteiger partial charge in [0.2, 0.25) is 0 Å². The molecule has 5 aliphatic rings. The van der Waals surface area contributed by atoms with Crippen LogP contribution in [0.25, 0.3) is 32.9 Å². The van der Waals surface area contributed by atoms with Crippen LogP contribution >= 0.6 is 0 Å². The van der Waals surface area contributed by atoms with Crippen molar-refractivity contribution < 1.29 is 4.42 Å². The number of furan rings is 1. The minimum absolute atomic E-state index is 0.0122. The molecule has 4 heteroatoms. The second-order valence-corrected chi connectivity index (χ2v) is 29.0. The number of aryl methyl sites for hydroxylation is 1. The standard InChI is InChI=1S/C71H79BN2O/c1-42-34-59-62-60(35-42)74(57-27-24-44(65(2,3)4)36-48(57)47-23-19-21-43-20-17-18-22-46(43)47)63-49-38-52-55(71(15,16)33-30-68(52,9)10)41-61(49)75-64(63)72(62)56-39-53-54(70(13,14)32-31-69(53,11)12)40-58(56)73(59)45-25-26-50-51(37-45)67(7,8)29-28-66(50,5)6/h17-27,34-41H,28-33H2,1-16H3. The Morgan fingerprint density at radius 1 is 0.453 bits per heavy atom. The third-order valence-electron chi connectivity index (χ3n) is 20.0. The first-order chi connectivity index (χ1) is 35.2. The molecule has 0 bridgehead atoms. The predicted octanol–water partition coefficient (Wildman–Crippen LogP) is 18.0. The number of anilines is 6. The van der Waals surface area contributed by atoms with Gasteiger partial charge in [0.1, 0.15) is 5.58 Å². The second kappa shape index (κ2) is 15.6. The Balaban J connectivity index is 1.19. The fourth-order valence-electron chi connectivity index (χ4n) is 14.9. The van der Waals surface area contributed by atoms with Crippen LogP contribution in [0, 0.1) is 6.92 Å². The molecule has 0 saturated heterocycles. The number of fused-ring (bicyclic) bond motifs is 10. The SMILES string of the molecule is Cc1cc2c3c(c1)N(c1ccc(C(C)(C)C)cc1-c1cccc4ccccc14)c1c(oc4cc5c(cc14)C(C)(C)CCC5(C)C)B3c1cc3c(cc1N2c1ccc2c(c1)C(C)(C)CCC2(C)C)C(C)(C)CCC3(C)C. The van der Waals surface area contributed by atoms with Gasteiger partial charge in [-0.1, -0.05) is 165 Å². The third-order valence-corrected chi connectivity index (χ3v) is 20.0. The summed E-state index contributed by atoms with van der Waals surface area (Å²) in [6.07, 6.45) is 6.96. The highest BCUT2D eigenvalue weighted by molar-refractivity contribution is 7.00. The molecule has 13 rings (SSSR count). The zero-order valence-electron chi connectivity index (χ0n) is 48.1. The van der Waals surface area contributed by atoms with Crippen molar-refractivity contribution in [3.63, 3.8) is 0 Å². The molecule has 0 N–H and O–H groups in total. The predicted molar refractivity (Wildman–Crippen MR) is 322 cm³/mol. The molecule has 7 aromatic carbocycles. The van der Waals surface area contributed by atoms with E-state index in [9.17, 15) is 0 Å². The van der Waals surface area contributed by atoms with Gasteiger partial charge in [0.25, 0.3) is 6.71 Å². The summed E-state index contributed by atoms with van der Waals surface area (Å²) in [5.74, 6) is 0. The van der Waals surface area contributed by atoms with Gasteiger partial charge in [0.05, 0.1) is 17.0 Å². The average molecular weight is 987 g/mol. The van der Waals surface area contributed by atoms with Crippen LogP contribution < -0.4 is 26.4 Å². The summed E-state index contributed by atoms with van der Waals surface area (Å²) >= 11 is 0. The molecule has 3 aliphatic carbocycles. The van der Waals surface area contributed by atoms with Crippen LogP contribution in [0.2, 0.25) is 0 Å². The quantitative estimate of drug-likeness (QED) is 0.165. The maximum absolute atomic E-state index is 7.84. The lowest BCUT2D eigenvalue weighted by molar-refractivity contribution is 0.332. The van der Waals surface area contributed by atoms with Gasteiger partial charge in [-0.15, -0.1) is 0 Å². The Morgan fingerprint density at radius 3 is 1.64 bits per heavy atom. The van der Waals surface area contributed by atoms with E-state index < -0.39 is 0 Å². The van der Waals surface area contributed by atoms with Gasteiger partial charge in [-0.2, -0.15) is 0 Å². The Morgan fingerprint density at radius 2 is 1.00 bits per heavy atom. The topological polar surface area (TPSA) is 19.6 Å². The summed E-state index contributed by atoms with van der Waals surface area (Å²) in [4.78, 5) is 5.37. The summed E-state index contributed by atoms with van der Waals surface area (Å²) in [5, 5.41) is 3.71. The molecule has 2 aliphatic heterocycles. The first kappa shape index (κ1) is 48.6. The third kappa shape index (κ3) is 7.12. The molecule has 75 heavy (non-hydrogen) atoms. The monoisotopic (exact) mass is 987 g/mol. The van der Waals surface area contributed by atoms with Crippen molar-refractivity contribution in [3.8, 4) is 11.1 Å². The smallest absolute Gasteiger partial charge is 0.297 e. The molecule has 0 atom stereocenters. The lowest BCUT2D eigenvalue weighted by Gasteiger charge is -2.47. The molecule has 0 unspecified atom stereocenters. The molecular weight excluding hydrogens is 908 g/mol. The normalized spacial score (nSPS) is 20.0. The van der Waals surface area contributed by atoms with E-state index in [0.717, 1.165) is 36.9 Å². The van der Waals surface area contributed by atoms with E-state index in [1.807, 2.05) is 0 Å². The first-order valence-corrected chi connectivity index (χ1v) is 28.5. The van der Waals surface area contributed by atoms with Crippen molar-refractivity contribution in [2.45, 2.75) is 187 Å². The number of benzene rings is 7. The lowest BCUT2D eigenvalue weighted by atomic mass is 9.35. The molecule has 1 aromatic heterocycles. The van der Waals surface area contributed by atoms with E-state index in [1.165, 1.54) is 130 Å². The van der Waals surface area contributed by atoms with Crippen LogP contribution in [0.5, 0.6) is 0 Å². The minimum atomic E-state index is -0.146. The van der Waals surface area contributed by atoms with Crippen molar-refractivity contribution in [1.82, 2.24) is 0 Å². The van der Waals surface area contributed by atoms with Crippen molar-refractivity contribution in [1.29, 1.82) is 0 Å². The van der Waals surface area contributed by atoms with E-state index in [2.05, 4.69) is 236 Å². The van der Waals surface area contributed by atoms with E-state index in [0.29, 0.717) is 0 Å². The molecular formula is C71H79BN2O. The molecule has 0 saturated carbocycles. The summed E-state index contributed by atoms with van der Waals surface area (Å²) in [7, 11) is 0. The van der Waals surface area contributed by atoms with Crippen molar-refractivity contribution in [3.05, 3.63) is 160 Å². The number of hydrogen-bond donors (Lipinski definition) is 0. The fraction of sp³-hybridized carbons (Fsp3) is 0.408. The minimum Gasteiger partial charge on any atom is -0.468 e. The van der Waals surface area contributed by atoms with E-state index in [-0.39, 0.29) is 44.6 Å². The molecule has 0 radical (unpaired) electrons. The molecule has 0 amide bonds. The van der Waals surface area contributed by atoms with Gasteiger partial charge in [-0.05, 0) is 210 Å². The van der Waals surface area contributed by atoms with Gasteiger partial charge >= 0.3 is 0 Å². The van der Waals surface area contributed by atoms with Gasteiger partial charge in [-0.3, -0.25) is 0 Å². The average Bonchev–Trinajstić information content (AvgIpc) is 3.79. The summed E-state index contributed by atoms with van der Waals surface area (Å²) in [6.45, 7) is 38.8. The number of hydrogen-bond acceptors (Lipinski definition) is 3. The summed E-state index contributed by atoms with van der Waals surface area (Å²) < 4.78 is 7.84. The summed E-state index contributed by atoms with van der Waals surface area (Å²) in [5.41, 5.74) is 26.1. The highest BCUT2D eigenvalue weighted by Crippen LogP contribution is 2.56. The van der Waals surface area contributed by atoms with Crippen molar-refractivity contribution >= 4 is 79.2 Å². The highest BCUT2D eigenvalue weighted by Gasteiger charge is 2.50. The number of rotatable bonds is 3. The van der Waals surface area contributed by atoms with Gasteiger partial charge in [0, 0.05) is 33.7 Å². The maximum atomic E-state index is 7.84. The maximum Gasteiger partial charge on any atom is 0.297 e. The lowest BCUT2D eigenvalue weighted by Crippen LogP contribution is -2.61. The molecule has 0 spiro atoms. The van der Waals surface area contributed by atoms with Gasteiger partial charge in [-0.25, -0.2) is 0 Å². The summed E-state index contributed by atoms with van der Waals surface area (Å²) in [6, 6.07) is 46.1. The largest absolute Gasteiger partial charge is 0.468 e. The first-order valence-electron chi connectivity index (χ1n) is 28.5. The zero-order valence-corrected chi connectivity index (χ0v) is 48.1. The van der Waals surface area contributed by atoms with Crippen LogP contribution in [0.4, 0.5) is 34.1 Å². The number of nitrogens with zero attached hydrogens (tertiary/aromatic N) is 2. The van der Waals surface area contributed by atoms with Gasteiger partial charge < -0.3 is 14.2 Å². The van der Waals surface area contributed by atoms with E-state index in [4.69, 9.17) is 4.42 Å². The Bertz CT molecular complexity index is 3750. The van der Waals surface area contributed by atoms with Crippen LogP contribution in [0.1, 0.15) is 187 Å². The van der Waals surface area contributed by atoms with Crippen LogP contribution in [-0.4, -0.2) is 6.71 Å². The molecule has 3 heterocycles. The zero-order chi connectivity index (χ0) is 52.9. The Labute approximate surface area is 449 Å². The van der Waals surface area contributed by atoms with E-state index in [1.54, 1.807) is 0 Å². The second-order valence-electron chi connectivity index (χ2n) is 29.0. The van der Waals surface area contributed by atoms with Gasteiger partial charge in [0.15, 0.2) is 0 Å². The molecule has 0 fully saturated rings. The molecule has 382 valence electrons. The van der Waals surface area contributed by atoms with Crippen molar-refractivity contribution in [2.75, 3.05) is 9.80 Å². The molecule has 8 aromatic rings. The van der Waals surface area contributed by atoms with Crippen LogP contribution in [0.15, 0.2) is 120 Å². The highest BCUT2D eigenvalue weighted by atomic mass is 16.3. The molecule has 3 nitrogen and oxygen atoms in total. The Hall–Kier alpha value is -6.00. The fourth-order valence-corrected chi connectivity index (χ4v) is 14.9. The van der Waals surface area contributed by atoms with E-state index >= 15 is 0 Å². The van der Waals surface area contributed by atoms with Crippen LogP contribution in [-0.2, 0) is 37.9 Å². The Kier molecular flexibility index (Phi) is 10.1. The van der Waals surface area contributed by atoms with Crippen LogP contribution in [0.3, 0.4) is 0 Å². The van der Waals surface area contributed by atoms with Crippen molar-refractivity contribution in [2.24, 2.45) is 0 Å².